The highest BCUT2D eigenvalue weighted by atomic mass is 16.2. The van der Waals surface area contributed by atoms with Gasteiger partial charge in [0.2, 0.25) is 0 Å². The van der Waals surface area contributed by atoms with E-state index >= 15 is 0 Å². The van der Waals surface area contributed by atoms with Crippen molar-refractivity contribution in [3.63, 3.8) is 0 Å². The molecule has 26 heavy (non-hydrogen) atoms. The molecule has 0 bridgehead atoms. The lowest BCUT2D eigenvalue weighted by Gasteiger charge is -2.45. The van der Waals surface area contributed by atoms with Crippen LogP contribution in [0.5, 0.6) is 0 Å². The van der Waals surface area contributed by atoms with Gasteiger partial charge in [0.1, 0.15) is 12.2 Å². The summed E-state index contributed by atoms with van der Waals surface area (Å²) >= 11 is 0. The molecule has 0 aliphatic carbocycles. The minimum absolute atomic E-state index is 0.127. The van der Waals surface area contributed by atoms with Gasteiger partial charge in [-0.05, 0) is 30.7 Å². The van der Waals surface area contributed by atoms with Gasteiger partial charge in [-0.1, -0.05) is 50.2 Å². The maximum atomic E-state index is 12.7. The van der Waals surface area contributed by atoms with Gasteiger partial charge in [-0.2, -0.15) is 0 Å². The quantitative estimate of drug-likeness (QED) is 0.875. The van der Waals surface area contributed by atoms with Crippen molar-refractivity contribution >= 4 is 23.3 Å². The summed E-state index contributed by atoms with van der Waals surface area (Å²) in [5.41, 5.74) is 4.63. The Kier molecular flexibility index (Phi) is 3.47. The molecule has 2 aliphatic rings. The van der Waals surface area contributed by atoms with Crippen molar-refractivity contribution in [2.75, 3.05) is 16.8 Å². The summed E-state index contributed by atoms with van der Waals surface area (Å²) in [7, 11) is 0. The topological polar surface area (TPSA) is 64.7 Å². The normalized spacial score (nSPS) is 22.8. The highest BCUT2D eigenvalue weighted by molar-refractivity contribution is 5.95. The highest BCUT2D eigenvalue weighted by Gasteiger charge is 2.63. The maximum Gasteiger partial charge on any atom is 0.338 e. The fourth-order valence-corrected chi connectivity index (χ4v) is 4.11. The number of para-hydroxylation sites is 2. The molecule has 0 spiro atoms. The van der Waals surface area contributed by atoms with Gasteiger partial charge >= 0.3 is 6.03 Å². The average Bonchev–Trinajstić information content (AvgIpc) is 2.97. The lowest BCUT2D eigenvalue weighted by molar-refractivity contribution is -0.134. The molecule has 1 unspecified atom stereocenters. The maximum absolute atomic E-state index is 12.7. The second-order valence-electron chi connectivity index (χ2n) is 7.41. The molecule has 2 heterocycles. The number of anilines is 2. The average molecular weight is 350 g/mol. The minimum Gasteiger partial charge on any atom is -0.337 e. The van der Waals surface area contributed by atoms with Crippen LogP contribution in [0.4, 0.5) is 16.2 Å². The number of urea groups is 1. The first-order valence-electron chi connectivity index (χ1n) is 8.68. The van der Waals surface area contributed by atoms with Crippen LogP contribution in [0.3, 0.4) is 0 Å². The van der Waals surface area contributed by atoms with E-state index in [0.29, 0.717) is 5.69 Å². The molecule has 0 radical (unpaired) electrons. The SMILES string of the molecule is CC1(C)c2ccccc2N2CC(=O)N(NC(=O)Nc3ccccc3)C21C. The number of nitrogens with one attached hydrogen (secondary N) is 2. The molecule has 2 N–H and O–H groups in total. The van der Waals surface area contributed by atoms with Crippen LogP contribution >= 0.6 is 0 Å². The summed E-state index contributed by atoms with van der Waals surface area (Å²) in [6.45, 7) is 6.45. The van der Waals surface area contributed by atoms with Crippen molar-refractivity contribution < 1.29 is 9.59 Å². The molecule has 2 aromatic rings. The standard InChI is InChI=1S/C20H22N4O2/c1-19(2)15-11-7-8-12-16(15)23-13-17(25)24(20(19,23)3)22-18(26)21-14-9-5-4-6-10-14/h4-12H,13H2,1-3H3,(H2,21,22,26). The van der Waals surface area contributed by atoms with Crippen molar-refractivity contribution in [3.8, 4) is 0 Å². The zero-order valence-electron chi connectivity index (χ0n) is 15.1. The monoisotopic (exact) mass is 350 g/mol. The van der Waals surface area contributed by atoms with Crippen molar-refractivity contribution in [1.29, 1.82) is 0 Å². The van der Waals surface area contributed by atoms with Gasteiger partial charge in [0, 0.05) is 16.8 Å². The Morgan fingerprint density at radius 1 is 1.00 bits per heavy atom. The van der Waals surface area contributed by atoms with Gasteiger partial charge in [-0.3, -0.25) is 4.79 Å². The summed E-state index contributed by atoms with van der Waals surface area (Å²) in [6, 6.07) is 16.8. The number of rotatable bonds is 2. The zero-order valence-corrected chi connectivity index (χ0v) is 15.1. The number of hydrazine groups is 1. The predicted octanol–water partition coefficient (Wildman–Crippen LogP) is 3.08. The van der Waals surface area contributed by atoms with Crippen molar-refractivity contribution in [2.24, 2.45) is 0 Å². The van der Waals surface area contributed by atoms with Crippen LogP contribution in [-0.4, -0.2) is 29.2 Å². The fourth-order valence-electron chi connectivity index (χ4n) is 4.11. The molecule has 1 atom stereocenters. The third-order valence-electron chi connectivity index (χ3n) is 5.80. The minimum atomic E-state index is -0.679. The molecule has 0 saturated carbocycles. The van der Waals surface area contributed by atoms with E-state index in [2.05, 4.69) is 35.6 Å². The molecule has 4 rings (SSSR count). The molecule has 3 amide bonds. The summed E-state index contributed by atoms with van der Waals surface area (Å²) in [6.07, 6.45) is 0. The zero-order chi connectivity index (χ0) is 18.5. The van der Waals surface area contributed by atoms with E-state index in [1.807, 2.05) is 43.3 Å². The van der Waals surface area contributed by atoms with Crippen molar-refractivity contribution in [2.45, 2.75) is 31.8 Å². The Labute approximate surface area is 152 Å². The number of carbonyl (C=O) groups excluding carboxylic acids is 2. The summed E-state index contributed by atoms with van der Waals surface area (Å²) in [4.78, 5) is 27.3. The third kappa shape index (κ3) is 2.11. The molecule has 1 saturated heterocycles. The Hall–Kier alpha value is -3.02. The molecule has 134 valence electrons. The van der Waals surface area contributed by atoms with E-state index in [4.69, 9.17) is 0 Å². The third-order valence-corrected chi connectivity index (χ3v) is 5.80. The van der Waals surface area contributed by atoms with Crippen LogP contribution in [0.15, 0.2) is 54.6 Å². The van der Waals surface area contributed by atoms with Gasteiger partial charge in [-0.25, -0.2) is 15.2 Å². The molecule has 6 heteroatoms. The Bertz CT molecular complexity index is 880. The van der Waals surface area contributed by atoms with Crippen LogP contribution in [0.25, 0.3) is 0 Å². The molecule has 2 aliphatic heterocycles. The second kappa shape index (κ2) is 5.49. The molecule has 1 fully saturated rings. The van der Waals surface area contributed by atoms with E-state index in [-0.39, 0.29) is 17.9 Å². The highest BCUT2D eigenvalue weighted by Crippen LogP contribution is 2.54. The second-order valence-corrected chi connectivity index (χ2v) is 7.41. The van der Waals surface area contributed by atoms with E-state index in [9.17, 15) is 9.59 Å². The fraction of sp³-hybridized carbons (Fsp3) is 0.300. The summed E-state index contributed by atoms with van der Waals surface area (Å²) in [5.74, 6) is -0.127. The number of carbonyl (C=O) groups is 2. The number of benzene rings is 2. The first-order chi connectivity index (χ1) is 12.4. The predicted molar refractivity (Wildman–Crippen MR) is 101 cm³/mol. The molecule has 6 nitrogen and oxygen atoms in total. The lowest BCUT2D eigenvalue weighted by Crippen LogP contribution is -2.64. The summed E-state index contributed by atoms with van der Waals surface area (Å²) < 4.78 is 0. The number of nitrogens with zero attached hydrogens (tertiary/aromatic N) is 2. The van der Waals surface area contributed by atoms with Gasteiger partial charge in [0.25, 0.3) is 5.91 Å². The van der Waals surface area contributed by atoms with E-state index in [1.165, 1.54) is 10.6 Å². The molecule has 0 aromatic heterocycles. The van der Waals surface area contributed by atoms with Gasteiger partial charge < -0.3 is 10.2 Å². The number of fused-ring (bicyclic) bond motifs is 3. The van der Waals surface area contributed by atoms with Crippen LogP contribution in [0.1, 0.15) is 26.3 Å². The molecular formula is C20H22N4O2. The van der Waals surface area contributed by atoms with E-state index in [1.54, 1.807) is 12.1 Å². The van der Waals surface area contributed by atoms with Crippen LogP contribution in [0.2, 0.25) is 0 Å². The van der Waals surface area contributed by atoms with Crippen LogP contribution < -0.4 is 15.6 Å². The van der Waals surface area contributed by atoms with Crippen molar-refractivity contribution in [3.05, 3.63) is 60.2 Å². The molecule has 2 aromatic carbocycles. The van der Waals surface area contributed by atoms with Crippen LogP contribution in [-0.2, 0) is 10.2 Å². The first-order valence-corrected chi connectivity index (χ1v) is 8.68. The van der Waals surface area contributed by atoms with Crippen molar-refractivity contribution in [1.82, 2.24) is 10.4 Å². The van der Waals surface area contributed by atoms with Gasteiger partial charge in [0.15, 0.2) is 0 Å². The summed E-state index contributed by atoms with van der Waals surface area (Å²) in [5, 5.41) is 4.25. The van der Waals surface area contributed by atoms with E-state index in [0.717, 1.165) is 5.69 Å². The van der Waals surface area contributed by atoms with E-state index < -0.39 is 11.7 Å². The lowest BCUT2D eigenvalue weighted by atomic mass is 9.76. The number of hydrogen-bond acceptors (Lipinski definition) is 3. The number of hydrogen-bond donors (Lipinski definition) is 2. The first kappa shape index (κ1) is 16.4. The van der Waals surface area contributed by atoms with Crippen LogP contribution in [0, 0.1) is 0 Å². The van der Waals surface area contributed by atoms with Gasteiger partial charge in [-0.15, -0.1) is 0 Å². The number of amides is 3. The smallest absolute Gasteiger partial charge is 0.337 e. The largest absolute Gasteiger partial charge is 0.338 e. The Balaban J connectivity index is 1.64. The Morgan fingerprint density at radius 3 is 2.38 bits per heavy atom. The Morgan fingerprint density at radius 2 is 1.65 bits per heavy atom. The van der Waals surface area contributed by atoms with Gasteiger partial charge in [0.05, 0.1) is 0 Å². The molecular weight excluding hydrogens is 328 g/mol.